The number of nitrogens with one attached hydrogen (secondary N) is 2. The molecule has 0 saturated heterocycles. The fraction of sp³-hybridized carbons (Fsp3) is 0.196. The van der Waals surface area contributed by atoms with Crippen LogP contribution in [0.4, 0.5) is 20.6 Å². The summed E-state index contributed by atoms with van der Waals surface area (Å²) >= 11 is 3.40. The Labute approximate surface area is 387 Å². The van der Waals surface area contributed by atoms with Gasteiger partial charge in [-0.25, -0.2) is 23.9 Å². The summed E-state index contributed by atoms with van der Waals surface area (Å²) in [6, 6.07) is 35.8. The molecular weight excluding hydrogens is 909 g/mol. The number of unbranched alkanes of at least 4 members (excludes halogenated alkanes) is 1. The van der Waals surface area contributed by atoms with E-state index in [0.717, 1.165) is 27.8 Å². The average Bonchev–Trinajstić information content (AvgIpc) is 3.89. The first kappa shape index (κ1) is 45.2. The standard InChI is InChI=1S/C51H45BrFN5O8/c1-64-45-22-17-32(26-40(45)52)48(60)56-34-18-13-30(14-19-34)28-55-42-20-16-33(27-41(42)53)49-57-43-24-31(15-21-46(43)66-49)25-47(59)58(44(50(61)62)12-6-7-23-54)51(63)65-29-39-37-10-4-2-8-35(37)36-9-3-5-11-38(36)39/h2-5,8-11,13-22,24,26-27,39,44,55H,6-7,12,23,25,28-29,54H2,1H3,(H,56,60)(H,61,62). The number of benzene rings is 6. The summed E-state index contributed by atoms with van der Waals surface area (Å²) < 4.78 is 33.1. The fourth-order valence-electron chi connectivity index (χ4n) is 8.08. The molecule has 0 bridgehead atoms. The normalized spacial score (nSPS) is 12.2. The first-order chi connectivity index (χ1) is 32.0. The molecule has 1 aromatic heterocycles. The number of carbonyl (C=O) groups is 4. The highest BCUT2D eigenvalue weighted by Crippen LogP contribution is 2.44. The van der Waals surface area contributed by atoms with Crippen LogP contribution < -0.4 is 21.1 Å². The number of oxazole rings is 1. The molecular formula is C51H45BrFN5O8. The number of nitrogens with two attached hydrogens (primary N) is 1. The summed E-state index contributed by atoms with van der Waals surface area (Å²) in [6.07, 6.45) is -0.504. The molecule has 0 fully saturated rings. The van der Waals surface area contributed by atoms with Gasteiger partial charge in [0.25, 0.3) is 5.91 Å². The van der Waals surface area contributed by atoms with Crippen molar-refractivity contribution in [3.63, 3.8) is 0 Å². The third kappa shape index (κ3) is 9.97. The second kappa shape index (κ2) is 20.2. The molecule has 1 heterocycles. The Morgan fingerprint density at radius 1 is 0.879 bits per heavy atom. The van der Waals surface area contributed by atoms with Gasteiger partial charge in [-0.1, -0.05) is 66.7 Å². The van der Waals surface area contributed by atoms with E-state index >= 15 is 4.39 Å². The number of halogens is 2. The molecule has 0 radical (unpaired) electrons. The van der Waals surface area contributed by atoms with Gasteiger partial charge in [0, 0.05) is 29.3 Å². The van der Waals surface area contributed by atoms with Crippen molar-refractivity contribution in [1.29, 1.82) is 0 Å². The maximum atomic E-state index is 15.5. The van der Waals surface area contributed by atoms with Crippen LogP contribution in [0.3, 0.4) is 0 Å². The SMILES string of the molecule is COc1ccc(C(=O)Nc2ccc(CNc3ccc(-c4nc5cc(CC(=O)N(C(=O)OCC6c7ccccc7-c7ccccc76)C(CCCCN)C(=O)O)ccc5o4)cc3F)cc2)cc1Br. The first-order valence-electron chi connectivity index (χ1n) is 21.3. The van der Waals surface area contributed by atoms with Gasteiger partial charge in [0.05, 0.1) is 23.7 Å². The molecule has 1 unspecified atom stereocenters. The van der Waals surface area contributed by atoms with Crippen molar-refractivity contribution >= 4 is 62.3 Å². The molecule has 15 heteroatoms. The van der Waals surface area contributed by atoms with Gasteiger partial charge in [-0.2, -0.15) is 0 Å². The number of ether oxygens (including phenoxy) is 2. The minimum Gasteiger partial charge on any atom is -0.496 e. The van der Waals surface area contributed by atoms with E-state index in [1.165, 1.54) is 6.07 Å². The number of carbonyl (C=O) groups excluding carboxylic acids is 3. The number of methoxy groups -OCH3 is 1. The number of aromatic nitrogens is 1. The molecule has 7 aromatic rings. The van der Waals surface area contributed by atoms with Crippen LogP contribution in [0, 0.1) is 5.82 Å². The molecule has 6 aromatic carbocycles. The van der Waals surface area contributed by atoms with E-state index < -0.39 is 29.8 Å². The Hall–Kier alpha value is -7.36. The number of hydrogen-bond acceptors (Lipinski definition) is 10. The number of imide groups is 1. The van der Waals surface area contributed by atoms with Crippen LogP contribution in [0.2, 0.25) is 0 Å². The van der Waals surface area contributed by atoms with Crippen LogP contribution in [0.1, 0.15) is 57.8 Å². The largest absolute Gasteiger partial charge is 0.496 e. The van der Waals surface area contributed by atoms with E-state index in [1.54, 1.807) is 67.8 Å². The lowest BCUT2D eigenvalue weighted by molar-refractivity contribution is -0.148. The van der Waals surface area contributed by atoms with Gasteiger partial charge >= 0.3 is 12.1 Å². The highest BCUT2D eigenvalue weighted by atomic mass is 79.9. The van der Waals surface area contributed by atoms with E-state index in [9.17, 15) is 24.3 Å². The lowest BCUT2D eigenvalue weighted by Gasteiger charge is -2.27. The average molecular weight is 955 g/mol. The molecule has 1 aliphatic rings. The maximum Gasteiger partial charge on any atom is 0.417 e. The number of hydrogen-bond donors (Lipinski definition) is 4. The second-order valence-electron chi connectivity index (χ2n) is 15.8. The van der Waals surface area contributed by atoms with Gasteiger partial charge < -0.3 is 35.4 Å². The van der Waals surface area contributed by atoms with E-state index in [4.69, 9.17) is 19.6 Å². The van der Waals surface area contributed by atoms with Crippen LogP contribution in [-0.2, 0) is 27.3 Å². The Kier molecular flexibility index (Phi) is 13.9. The van der Waals surface area contributed by atoms with Crippen molar-refractivity contribution in [3.8, 4) is 28.3 Å². The lowest BCUT2D eigenvalue weighted by atomic mass is 9.98. The predicted molar refractivity (Wildman–Crippen MR) is 252 cm³/mol. The number of amides is 3. The number of nitrogens with zero attached hydrogens (tertiary/aromatic N) is 2. The van der Waals surface area contributed by atoms with Crippen molar-refractivity contribution in [2.24, 2.45) is 5.73 Å². The molecule has 0 aliphatic heterocycles. The van der Waals surface area contributed by atoms with Gasteiger partial charge in [0.1, 0.15) is 29.7 Å². The smallest absolute Gasteiger partial charge is 0.417 e. The summed E-state index contributed by atoms with van der Waals surface area (Å²) in [7, 11) is 1.55. The molecule has 3 amide bonds. The van der Waals surface area contributed by atoms with Crippen molar-refractivity contribution in [2.75, 3.05) is 30.9 Å². The van der Waals surface area contributed by atoms with Gasteiger partial charge in [-0.15, -0.1) is 0 Å². The van der Waals surface area contributed by atoms with Crippen molar-refractivity contribution in [2.45, 2.75) is 44.2 Å². The van der Waals surface area contributed by atoms with Gasteiger partial charge in [0.2, 0.25) is 11.8 Å². The number of aliphatic carboxylic acids is 1. The molecule has 1 atom stereocenters. The lowest BCUT2D eigenvalue weighted by Crippen LogP contribution is -2.49. The Morgan fingerprint density at radius 2 is 1.59 bits per heavy atom. The number of rotatable bonds is 17. The molecule has 0 saturated carbocycles. The van der Waals surface area contributed by atoms with Crippen molar-refractivity contribution < 1.29 is 42.6 Å². The van der Waals surface area contributed by atoms with Crippen molar-refractivity contribution in [3.05, 3.63) is 166 Å². The van der Waals surface area contributed by atoms with Crippen LogP contribution >= 0.6 is 15.9 Å². The number of fused-ring (bicyclic) bond motifs is 4. The van der Waals surface area contributed by atoms with Gasteiger partial charge in [-0.3, -0.25) is 9.59 Å². The number of anilines is 2. The fourth-order valence-corrected chi connectivity index (χ4v) is 8.62. The highest BCUT2D eigenvalue weighted by Gasteiger charge is 2.37. The summed E-state index contributed by atoms with van der Waals surface area (Å²) in [5.41, 5.74) is 13.4. The zero-order valence-corrected chi connectivity index (χ0v) is 37.3. The predicted octanol–water partition coefficient (Wildman–Crippen LogP) is 10.2. The second-order valence-corrected chi connectivity index (χ2v) is 16.6. The van der Waals surface area contributed by atoms with E-state index in [1.807, 2.05) is 60.7 Å². The minimum absolute atomic E-state index is 0.00165. The quantitative estimate of drug-likeness (QED) is 0.0637. The molecule has 66 heavy (non-hydrogen) atoms. The molecule has 1 aliphatic carbocycles. The summed E-state index contributed by atoms with van der Waals surface area (Å²) in [6.45, 7) is 0.531. The zero-order chi connectivity index (χ0) is 46.3. The van der Waals surface area contributed by atoms with Crippen LogP contribution in [-0.4, -0.2) is 65.2 Å². The molecule has 8 rings (SSSR count). The Morgan fingerprint density at radius 3 is 2.26 bits per heavy atom. The molecule has 5 N–H and O–H groups in total. The van der Waals surface area contributed by atoms with E-state index in [2.05, 4.69) is 31.5 Å². The van der Waals surface area contributed by atoms with Gasteiger partial charge in [-0.05, 0) is 136 Å². The topological polar surface area (TPSA) is 186 Å². The van der Waals surface area contributed by atoms with Crippen LogP contribution in [0.25, 0.3) is 33.7 Å². The summed E-state index contributed by atoms with van der Waals surface area (Å²) in [4.78, 5) is 58.6. The Balaban J connectivity index is 0.921. The molecule has 0 spiro atoms. The third-order valence-corrected chi connectivity index (χ3v) is 12.1. The molecule has 13 nitrogen and oxygen atoms in total. The zero-order valence-electron chi connectivity index (χ0n) is 35.8. The summed E-state index contributed by atoms with van der Waals surface area (Å²) in [5.74, 6) is -2.46. The van der Waals surface area contributed by atoms with E-state index in [-0.39, 0.29) is 42.9 Å². The third-order valence-electron chi connectivity index (χ3n) is 11.5. The Bertz CT molecular complexity index is 2900. The number of carboxylic acid groups (broad SMARTS) is 1. The first-order valence-corrected chi connectivity index (χ1v) is 22.1. The van der Waals surface area contributed by atoms with Crippen molar-refractivity contribution in [1.82, 2.24) is 9.88 Å². The number of carboxylic acids is 1. The summed E-state index contributed by atoms with van der Waals surface area (Å²) in [5, 5.41) is 16.3. The van der Waals surface area contributed by atoms with Crippen LogP contribution in [0.15, 0.2) is 136 Å². The van der Waals surface area contributed by atoms with Crippen LogP contribution in [0.5, 0.6) is 5.75 Å². The highest BCUT2D eigenvalue weighted by molar-refractivity contribution is 9.10. The molecule has 336 valence electrons. The van der Waals surface area contributed by atoms with Gasteiger partial charge in [0.15, 0.2) is 5.58 Å². The maximum absolute atomic E-state index is 15.5. The minimum atomic E-state index is -1.48. The monoisotopic (exact) mass is 953 g/mol. The van der Waals surface area contributed by atoms with E-state index in [0.29, 0.717) is 74.5 Å².